The second-order valence-electron chi connectivity index (χ2n) is 4.07. The zero-order chi connectivity index (χ0) is 14.7. The van der Waals surface area contributed by atoms with Crippen LogP contribution in [0.25, 0.3) is 11.5 Å². The summed E-state index contributed by atoms with van der Waals surface area (Å²) < 4.78 is 0. The molecule has 2 aromatic heterocycles. The molecule has 0 bridgehead atoms. The van der Waals surface area contributed by atoms with Crippen LogP contribution in [0.15, 0.2) is 42.9 Å². The van der Waals surface area contributed by atoms with E-state index < -0.39 is 0 Å². The van der Waals surface area contributed by atoms with Crippen molar-refractivity contribution in [3.05, 3.63) is 42.9 Å². The maximum atomic E-state index is 9.74. The Hall–Kier alpha value is -3.29. The molecule has 0 unspecified atom stereocenters. The number of benzene rings is 1. The summed E-state index contributed by atoms with van der Waals surface area (Å²) >= 11 is 0. The summed E-state index contributed by atoms with van der Waals surface area (Å²) in [6.45, 7) is 0. The molecule has 1 aromatic carbocycles. The van der Waals surface area contributed by atoms with Crippen LogP contribution in [0.1, 0.15) is 0 Å². The lowest BCUT2D eigenvalue weighted by Gasteiger charge is -2.08. The lowest BCUT2D eigenvalue weighted by Crippen LogP contribution is -2.05. The molecule has 3 rings (SSSR count). The van der Waals surface area contributed by atoms with Crippen LogP contribution in [-0.4, -0.2) is 30.0 Å². The number of anilines is 3. The minimum absolute atomic E-state index is 0.0450. The number of para-hydroxylation sites is 2. The summed E-state index contributed by atoms with van der Waals surface area (Å²) in [4.78, 5) is 20.3. The van der Waals surface area contributed by atoms with Crippen molar-refractivity contribution >= 4 is 17.6 Å². The van der Waals surface area contributed by atoms with Gasteiger partial charge in [0.05, 0.1) is 11.9 Å². The van der Waals surface area contributed by atoms with Crippen molar-refractivity contribution in [3.8, 4) is 17.3 Å². The van der Waals surface area contributed by atoms with Crippen molar-refractivity contribution in [2.75, 3.05) is 11.1 Å². The topological polar surface area (TPSA) is 123 Å². The molecule has 8 nitrogen and oxygen atoms in total. The first-order chi connectivity index (χ1) is 10.2. The summed E-state index contributed by atoms with van der Waals surface area (Å²) in [5.41, 5.74) is 6.62. The summed E-state index contributed by atoms with van der Waals surface area (Å²) in [7, 11) is 0. The van der Waals surface area contributed by atoms with Gasteiger partial charge in [0.15, 0.2) is 5.82 Å². The Bertz CT molecular complexity index is 763. The van der Waals surface area contributed by atoms with Crippen LogP contribution >= 0.6 is 0 Å². The highest BCUT2D eigenvalue weighted by Crippen LogP contribution is 2.25. The van der Waals surface area contributed by atoms with Gasteiger partial charge in [-0.3, -0.25) is 4.98 Å². The molecule has 2 heterocycles. The van der Waals surface area contributed by atoms with Crippen LogP contribution in [0.5, 0.6) is 5.75 Å². The maximum absolute atomic E-state index is 9.74. The molecule has 0 aliphatic heterocycles. The maximum Gasteiger partial charge on any atom is 0.232 e. The van der Waals surface area contributed by atoms with Crippen LogP contribution in [-0.2, 0) is 0 Å². The van der Waals surface area contributed by atoms with E-state index in [2.05, 4.69) is 30.2 Å². The first-order valence-corrected chi connectivity index (χ1v) is 6.05. The van der Waals surface area contributed by atoms with E-state index in [0.29, 0.717) is 17.2 Å². The zero-order valence-corrected chi connectivity index (χ0v) is 10.8. The number of nitrogens with two attached hydrogens (primary N) is 1. The second kappa shape index (κ2) is 5.37. The molecule has 104 valence electrons. The third kappa shape index (κ3) is 2.84. The standard InChI is InChI=1S/C13H11N7O/c14-12-18-11(9-7-15-5-6-16-9)19-13(20-12)17-8-3-1-2-4-10(8)21/h1-7,21H,(H3,14,17,18,19,20). The van der Waals surface area contributed by atoms with Crippen LogP contribution in [0.2, 0.25) is 0 Å². The third-order valence-corrected chi connectivity index (χ3v) is 2.60. The number of nitrogens with zero attached hydrogens (tertiary/aromatic N) is 5. The first-order valence-electron chi connectivity index (χ1n) is 6.05. The Kier molecular flexibility index (Phi) is 3.26. The van der Waals surface area contributed by atoms with E-state index in [4.69, 9.17) is 5.73 Å². The number of nitrogens with one attached hydrogen (secondary N) is 1. The van der Waals surface area contributed by atoms with Gasteiger partial charge in [-0.25, -0.2) is 4.98 Å². The van der Waals surface area contributed by atoms with Gasteiger partial charge < -0.3 is 16.2 Å². The molecular formula is C13H11N7O. The van der Waals surface area contributed by atoms with Gasteiger partial charge in [-0.15, -0.1) is 0 Å². The predicted molar refractivity (Wildman–Crippen MR) is 76.7 cm³/mol. The largest absolute Gasteiger partial charge is 0.506 e. The number of aromatic nitrogens is 5. The second-order valence-corrected chi connectivity index (χ2v) is 4.07. The summed E-state index contributed by atoms with van der Waals surface area (Å²) in [6, 6.07) is 6.73. The minimum Gasteiger partial charge on any atom is -0.506 e. The average molecular weight is 281 g/mol. The van der Waals surface area contributed by atoms with Crippen molar-refractivity contribution in [1.29, 1.82) is 0 Å². The summed E-state index contributed by atoms with van der Waals surface area (Å²) in [6.07, 6.45) is 4.61. The van der Waals surface area contributed by atoms with E-state index in [0.717, 1.165) is 0 Å². The van der Waals surface area contributed by atoms with E-state index in [9.17, 15) is 5.11 Å². The van der Waals surface area contributed by atoms with Gasteiger partial charge in [0.25, 0.3) is 0 Å². The number of aromatic hydroxyl groups is 1. The fraction of sp³-hybridized carbons (Fsp3) is 0. The van der Waals surface area contributed by atoms with Crippen molar-refractivity contribution in [2.24, 2.45) is 0 Å². The fourth-order valence-electron chi connectivity index (χ4n) is 1.68. The van der Waals surface area contributed by atoms with Crippen LogP contribution in [0.4, 0.5) is 17.6 Å². The zero-order valence-electron chi connectivity index (χ0n) is 10.8. The molecule has 0 amide bonds. The molecule has 0 saturated carbocycles. The van der Waals surface area contributed by atoms with Crippen molar-refractivity contribution < 1.29 is 5.11 Å². The predicted octanol–water partition coefficient (Wildman–Crippen LogP) is 1.36. The molecule has 0 spiro atoms. The number of hydrogen-bond donors (Lipinski definition) is 3. The SMILES string of the molecule is Nc1nc(Nc2ccccc2O)nc(-c2cnccn2)n1. The minimum atomic E-state index is 0.0450. The number of rotatable bonds is 3. The van der Waals surface area contributed by atoms with Gasteiger partial charge >= 0.3 is 0 Å². The summed E-state index contributed by atoms with van der Waals surface area (Å²) in [5.74, 6) is 0.638. The van der Waals surface area contributed by atoms with Gasteiger partial charge in [-0.2, -0.15) is 15.0 Å². The lowest BCUT2D eigenvalue weighted by atomic mass is 10.3. The molecule has 0 fully saturated rings. The first kappa shape index (κ1) is 12.7. The van der Waals surface area contributed by atoms with Crippen LogP contribution in [0, 0.1) is 0 Å². The lowest BCUT2D eigenvalue weighted by molar-refractivity contribution is 0.477. The summed E-state index contributed by atoms with van der Waals surface area (Å²) in [5, 5.41) is 12.6. The van der Waals surface area contributed by atoms with Crippen LogP contribution in [0.3, 0.4) is 0 Å². The van der Waals surface area contributed by atoms with Gasteiger partial charge in [0.2, 0.25) is 11.9 Å². The van der Waals surface area contributed by atoms with Gasteiger partial charge in [-0.05, 0) is 12.1 Å². The Morgan fingerprint density at radius 2 is 1.90 bits per heavy atom. The molecule has 3 aromatic rings. The van der Waals surface area contributed by atoms with E-state index in [1.54, 1.807) is 30.5 Å². The average Bonchev–Trinajstić information content (AvgIpc) is 2.50. The monoisotopic (exact) mass is 281 g/mol. The van der Waals surface area contributed by atoms with Crippen LogP contribution < -0.4 is 11.1 Å². The molecule has 0 aliphatic rings. The number of phenols is 1. The molecule has 4 N–H and O–H groups in total. The molecule has 0 radical (unpaired) electrons. The fourth-order valence-corrected chi connectivity index (χ4v) is 1.68. The normalized spacial score (nSPS) is 10.3. The highest BCUT2D eigenvalue weighted by molar-refractivity contribution is 5.63. The Balaban J connectivity index is 1.97. The Morgan fingerprint density at radius 3 is 2.67 bits per heavy atom. The highest BCUT2D eigenvalue weighted by Gasteiger charge is 2.09. The van der Waals surface area contributed by atoms with Crippen molar-refractivity contribution in [2.45, 2.75) is 0 Å². The molecule has 0 aliphatic carbocycles. The van der Waals surface area contributed by atoms with Gasteiger partial charge in [0.1, 0.15) is 11.4 Å². The number of phenolic OH excluding ortho intramolecular Hbond substituents is 1. The Morgan fingerprint density at radius 1 is 1.05 bits per heavy atom. The van der Waals surface area contributed by atoms with E-state index in [1.807, 2.05) is 0 Å². The molecule has 21 heavy (non-hydrogen) atoms. The third-order valence-electron chi connectivity index (χ3n) is 2.60. The molecule has 8 heteroatoms. The molecule has 0 saturated heterocycles. The van der Waals surface area contributed by atoms with E-state index in [1.165, 1.54) is 12.4 Å². The van der Waals surface area contributed by atoms with Gasteiger partial charge in [0, 0.05) is 12.4 Å². The number of hydrogen-bond acceptors (Lipinski definition) is 8. The van der Waals surface area contributed by atoms with E-state index in [-0.39, 0.29) is 17.6 Å². The Labute approximate surface area is 119 Å². The van der Waals surface area contributed by atoms with Crippen molar-refractivity contribution in [1.82, 2.24) is 24.9 Å². The smallest absolute Gasteiger partial charge is 0.232 e. The highest BCUT2D eigenvalue weighted by atomic mass is 16.3. The van der Waals surface area contributed by atoms with E-state index >= 15 is 0 Å². The molecular weight excluding hydrogens is 270 g/mol. The number of nitrogen functional groups attached to an aromatic ring is 1. The van der Waals surface area contributed by atoms with Gasteiger partial charge in [-0.1, -0.05) is 12.1 Å². The quantitative estimate of drug-likeness (QED) is 0.615. The molecule has 0 atom stereocenters. The van der Waals surface area contributed by atoms with Crippen molar-refractivity contribution in [3.63, 3.8) is 0 Å².